The average Bonchev–Trinajstić information content (AvgIpc) is 2.54. The lowest BCUT2D eigenvalue weighted by Gasteiger charge is -2.29. The van der Waals surface area contributed by atoms with Crippen molar-refractivity contribution in [1.82, 2.24) is 10.2 Å². The SMILES string of the molecule is CNC(CO)C(=O)N1CCCCC1.Oc1ccc(Cl)c(Cl)c1. The van der Waals surface area contributed by atoms with Gasteiger partial charge >= 0.3 is 0 Å². The molecule has 0 aliphatic carbocycles. The monoisotopic (exact) mass is 348 g/mol. The van der Waals surface area contributed by atoms with Crippen LogP contribution in [0.1, 0.15) is 19.3 Å². The number of amides is 1. The van der Waals surface area contributed by atoms with Crippen LogP contribution in [0.25, 0.3) is 0 Å². The summed E-state index contributed by atoms with van der Waals surface area (Å²) in [6.45, 7) is 1.57. The highest BCUT2D eigenvalue weighted by Gasteiger charge is 2.23. The van der Waals surface area contributed by atoms with Gasteiger partial charge in [0.2, 0.25) is 5.91 Å². The molecule has 2 rings (SSSR count). The van der Waals surface area contributed by atoms with Gasteiger partial charge in [0.1, 0.15) is 11.8 Å². The normalized spacial score (nSPS) is 15.7. The summed E-state index contributed by atoms with van der Waals surface area (Å²) in [6.07, 6.45) is 3.40. The molecule has 7 heteroatoms. The Morgan fingerprint density at radius 2 is 1.91 bits per heavy atom. The summed E-state index contributed by atoms with van der Waals surface area (Å²) < 4.78 is 0. The Morgan fingerprint density at radius 1 is 1.27 bits per heavy atom. The van der Waals surface area contributed by atoms with Crippen LogP contribution in [0.3, 0.4) is 0 Å². The third-order valence-electron chi connectivity index (χ3n) is 3.40. The van der Waals surface area contributed by atoms with Crippen molar-refractivity contribution in [3.05, 3.63) is 28.2 Å². The molecule has 1 amide bonds. The molecular weight excluding hydrogens is 327 g/mol. The van der Waals surface area contributed by atoms with Crippen LogP contribution < -0.4 is 5.32 Å². The number of hydrogen-bond donors (Lipinski definition) is 3. The quantitative estimate of drug-likeness (QED) is 0.783. The van der Waals surface area contributed by atoms with Crippen molar-refractivity contribution in [2.75, 3.05) is 26.7 Å². The van der Waals surface area contributed by atoms with Gasteiger partial charge in [-0.15, -0.1) is 0 Å². The number of nitrogens with one attached hydrogen (secondary N) is 1. The molecule has 1 aliphatic heterocycles. The number of phenolic OH excluding ortho intramolecular Hbond substituents is 1. The Hall–Kier alpha value is -1.01. The highest BCUT2D eigenvalue weighted by atomic mass is 35.5. The van der Waals surface area contributed by atoms with Gasteiger partial charge < -0.3 is 20.4 Å². The number of piperidine rings is 1. The lowest BCUT2D eigenvalue weighted by atomic mass is 10.1. The minimum atomic E-state index is -0.418. The number of halogens is 2. The Morgan fingerprint density at radius 3 is 2.36 bits per heavy atom. The first kappa shape index (κ1) is 19.0. The van der Waals surface area contributed by atoms with Gasteiger partial charge in [-0.2, -0.15) is 0 Å². The van der Waals surface area contributed by atoms with Gasteiger partial charge in [0.25, 0.3) is 0 Å². The van der Waals surface area contributed by atoms with E-state index in [1.165, 1.54) is 18.6 Å². The number of carbonyl (C=O) groups is 1. The third-order valence-corrected chi connectivity index (χ3v) is 4.14. The van der Waals surface area contributed by atoms with Crippen molar-refractivity contribution < 1.29 is 15.0 Å². The zero-order valence-electron chi connectivity index (χ0n) is 12.6. The molecule has 0 saturated carbocycles. The molecule has 3 N–H and O–H groups in total. The van der Waals surface area contributed by atoms with Crippen LogP contribution in [0, 0.1) is 0 Å². The summed E-state index contributed by atoms with van der Waals surface area (Å²) in [4.78, 5) is 13.5. The summed E-state index contributed by atoms with van der Waals surface area (Å²) in [6, 6.07) is 4.00. The van der Waals surface area contributed by atoms with Crippen molar-refractivity contribution in [1.29, 1.82) is 0 Å². The second kappa shape index (κ2) is 9.90. The molecule has 1 unspecified atom stereocenters. The molecule has 1 saturated heterocycles. The van der Waals surface area contributed by atoms with E-state index in [-0.39, 0.29) is 18.3 Å². The van der Waals surface area contributed by atoms with Gasteiger partial charge in [-0.3, -0.25) is 4.79 Å². The highest BCUT2D eigenvalue weighted by Crippen LogP contribution is 2.25. The lowest BCUT2D eigenvalue weighted by Crippen LogP contribution is -2.48. The first-order valence-corrected chi connectivity index (χ1v) is 7.96. The molecule has 0 bridgehead atoms. The fraction of sp³-hybridized carbons (Fsp3) is 0.533. The van der Waals surface area contributed by atoms with E-state index in [1.54, 1.807) is 13.1 Å². The Bertz CT molecular complexity index is 476. The number of aliphatic hydroxyl groups is 1. The van der Waals surface area contributed by atoms with Gasteiger partial charge in [-0.05, 0) is 44.5 Å². The molecule has 5 nitrogen and oxygen atoms in total. The summed E-state index contributed by atoms with van der Waals surface area (Å²) in [5, 5.41) is 21.3. The Balaban J connectivity index is 0.000000235. The maximum atomic E-state index is 11.7. The predicted molar refractivity (Wildman–Crippen MR) is 88.5 cm³/mol. The summed E-state index contributed by atoms with van der Waals surface area (Å²) in [5.41, 5.74) is 0. The van der Waals surface area contributed by atoms with Crippen LogP contribution in [-0.2, 0) is 4.79 Å². The van der Waals surface area contributed by atoms with Crippen molar-refractivity contribution in [2.45, 2.75) is 25.3 Å². The van der Waals surface area contributed by atoms with Crippen LogP contribution in [0.2, 0.25) is 10.0 Å². The number of carbonyl (C=O) groups excluding carboxylic acids is 1. The lowest BCUT2D eigenvalue weighted by molar-refractivity contribution is -0.135. The summed E-state index contributed by atoms with van der Waals surface area (Å²) >= 11 is 11.1. The van der Waals surface area contributed by atoms with Crippen molar-refractivity contribution in [3.63, 3.8) is 0 Å². The first-order valence-electron chi connectivity index (χ1n) is 7.20. The van der Waals surface area contributed by atoms with Crippen LogP contribution in [-0.4, -0.2) is 53.8 Å². The molecule has 0 aromatic heterocycles. The molecule has 1 aromatic rings. The summed E-state index contributed by atoms with van der Waals surface area (Å²) in [5.74, 6) is 0.161. The number of rotatable bonds is 3. The fourth-order valence-electron chi connectivity index (χ4n) is 2.11. The molecule has 1 heterocycles. The number of hydrogen-bond acceptors (Lipinski definition) is 4. The topological polar surface area (TPSA) is 72.8 Å². The number of nitrogens with zero attached hydrogens (tertiary/aromatic N) is 1. The van der Waals surface area contributed by atoms with E-state index in [0.717, 1.165) is 25.9 Å². The van der Waals surface area contributed by atoms with E-state index < -0.39 is 6.04 Å². The Kier molecular flexibility index (Phi) is 8.56. The highest BCUT2D eigenvalue weighted by molar-refractivity contribution is 6.42. The zero-order valence-corrected chi connectivity index (χ0v) is 14.1. The molecule has 0 radical (unpaired) electrons. The molecule has 22 heavy (non-hydrogen) atoms. The third kappa shape index (κ3) is 6.01. The molecule has 1 atom stereocenters. The minimum Gasteiger partial charge on any atom is -0.508 e. The number of aromatic hydroxyl groups is 1. The van der Waals surface area contributed by atoms with Gasteiger partial charge in [0.05, 0.1) is 16.7 Å². The maximum absolute atomic E-state index is 11.7. The van der Waals surface area contributed by atoms with E-state index in [0.29, 0.717) is 10.0 Å². The molecular formula is C15H22Cl2N2O3. The number of aliphatic hydroxyl groups excluding tert-OH is 1. The second-order valence-corrected chi connectivity index (χ2v) is 5.82. The van der Waals surface area contributed by atoms with Gasteiger partial charge in [-0.25, -0.2) is 0 Å². The van der Waals surface area contributed by atoms with Crippen LogP contribution in [0.15, 0.2) is 18.2 Å². The molecule has 1 fully saturated rings. The minimum absolute atomic E-state index is 0.0321. The van der Waals surface area contributed by atoms with Gasteiger partial charge in [-0.1, -0.05) is 23.2 Å². The van der Waals surface area contributed by atoms with Gasteiger partial charge in [0.15, 0.2) is 0 Å². The summed E-state index contributed by atoms with van der Waals surface area (Å²) in [7, 11) is 1.70. The van der Waals surface area contributed by atoms with Crippen molar-refractivity contribution in [2.24, 2.45) is 0 Å². The van der Waals surface area contributed by atoms with Crippen molar-refractivity contribution >= 4 is 29.1 Å². The van der Waals surface area contributed by atoms with E-state index in [1.807, 2.05) is 4.90 Å². The van der Waals surface area contributed by atoms with Crippen LogP contribution in [0.4, 0.5) is 0 Å². The van der Waals surface area contributed by atoms with E-state index in [4.69, 9.17) is 33.4 Å². The zero-order chi connectivity index (χ0) is 16.5. The Labute approximate surface area is 140 Å². The molecule has 0 spiro atoms. The fourth-order valence-corrected chi connectivity index (χ4v) is 2.40. The number of phenols is 1. The van der Waals surface area contributed by atoms with E-state index >= 15 is 0 Å². The standard InChI is InChI=1S/C9H18N2O2.C6H4Cl2O/c1-10-8(7-12)9(13)11-5-3-2-4-6-11;7-5-2-1-4(9)3-6(5)8/h8,10,12H,2-7H2,1H3;1-3,9H. The molecule has 1 aromatic carbocycles. The van der Waals surface area contributed by atoms with E-state index in [9.17, 15) is 4.79 Å². The van der Waals surface area contributed by atoms with Crippen LogP contribution >= 0.6 is 23.2 Å². The second-order valence-electron chi connectivity index (χ2n) is 5.01. The number of likely N-dealkylation sites (N-methyl/N-ethyl adjacent to an activating group) is 1. The van der Waals surface area contributed by atoms with Gasteiger partial charge in [0, 0.05) is 13.1 Å². The smallest absolute Gasteiger partial charge is 0.242 e. The van der Waals surface area contributed by atoms with Crippen molar-refractivity contribution in [3.8, 4) is 5.75 Å². The maximum Gasteiger partial charge on any atom is 0.242 e. The molecule has 124 valence electrons. The number of benzene rings is 1. The van der Waals surface area contributed by atoms with Crippen LogP contribution in [0.5, 0.6) is 5.75 Å². The largest absolute Gasteiger partial charge is 0.508 e. The average molecular weight is 349 g/mol. The molecule has 1 aliphatic rings. The first-order chi connectivity index (χ1) is 10.5. The number of likely N-dealkylation sites (tertiary alicyclic amines) is 1. The van der Waals surface area contributed by atoms with E-state index in [2.05, 4.69) is 5.32 Å². The predicted octanol–water partition coefficient (Wildman–Crippen LogP) is 2.28.